The van der Waals surface area contributed by atoms with E-state index >= 15 is 0 Å². The van der Waals surface area contributed by atoms with Gasteiger partial charge in [0.1, 0.15) is 0 Å². The number of hydrazone groups is 1. The van der Waals surface area contributed by atoms with Crippen LogP contribution < -0.4 is 15.5 Å². The molecule has 0 aromatic heterocycles. The van der Waals surface area contributed by atoms with Gasteiger partial charge in [0.25, 0.3) is 5.91 Å². The van der Waals surface area contributed by atoms with Crippen LogP contribution in [0.4, 0.5) is 0 Å². The first-order valence-corrected chi connectivity index (χ1v) is 9.65. The van der Waals surface area contributed by atoms with E-state index in [2.05, 4.69) is 15.8 Å². The lowest BCUT2D eigenvalue weighted by Gasteiger charge is -2.17. The van der Waals surface area contributed by atoms with E-state index in [0.29, 0.717) is 11.3 Å². The summed E-state index contributed by atoms with van der Waals surface area (Å²) < 4.78 is 5.03. The summed E-state index contributed by atoms with van der Waals surface area (Å²) in [7, 11) is 1.44. The van der Waals surface area contributed by atoms with Gasteiger partial charge in [-0.05, 0) is 34.9 Å². The third-order valence-corrected chi connectivity index (χ3v) is 4.56. The Kier molecular flexibility index (Phi) is 7.37. The minimum atomic E-state index is -0.525. The average Bonchev–Trinajstić information content (AvgIpc) is 2.80. The number of nitrogens with one attached hydrogen (secondary N) is 2. The molecular weight excluding hydrogens is 394 g/mol. The maximum atomic E-state index is 12.9. The zero-order chi connectivity index (χ0) is 22.1. The van der Waals surface area contributed by atoms with E-state index in [0.717, 1.165) is 11.1 Å². The number of rotatable bonds is 8. The van der Waals surface area contributed by atoms with Crippen LogP contribution in [0.15, 0.2) is 84.0 Å². The first-order valence-electron chi connectivity index (χ1n) is 9.65. The van der Waals surface area contributed by atoms with Crippen LogP contribution in [0.1, 0.15) is 22.6 Å². The molecule has 0 spiro atoms. The Balaban J connectivity index is 1.60. The Hall–Kier alpha value is -4.13. The van der Waals surface area contributed by atoms with E-state index in [-0.39, 0.29) is 18.2 Å². The highest BCUT2D eigenvalue weighted by molar-refractivity contribution is 5.91. The van der Waals surface area contributed by atoms with Gasteiger partial charge in [-0.3, -0.25) is 9.59 Å². The van der Waals surface area contributed by atoms with Gasteiger partial charge >= 0.3 is 0 Å². The van der Waals surface area contributed by atoms with Gasteiger partial charge in [0.15, 0.2) is 11.5 Å². The van der Waals surface area contributed by atoms with Crippen molar-refractivity contribution in [2.75, 3.05) is 13.7 Å². The van der Waals surface area contributed by atoms with Gasteiger partial charge in [-0.15, -0.1) is 0 Å². The summed E-state index contributed by atoms with van der Waals surface area (Å²) >= 11 is 0. The van der Waals surface area contributed by atoms with Crippen molar-refractivity contribution in [3.8, 4) is 11.5 Å². The van der Waals surface area contributed by atoms with Gasteiger partial charge in [-0.2, -0.15) is 5.10 Å². The Morgan fingerprint density at radius 2 is 1.61 bits per heavy atom. The van der Waals surface area contributed by atoms with E-state index in [1.165, 1.54) is 19.4 Å². The van der Waals surface area contributed by atoms with Crippen molar-refractivity contribution in [2.45, 2.75) is 5.92 Å². The van der Waals surface area contributed by atoms with Crippen LogP contribution in [0, 0.1) is 0 Å². The van der Waals surface area contributed by atoms with Crippen molar-refractivity contribution in [1.29, 1.82) is 0 Å². The van der Waals surface area contributed by atoms with E-state index in [9.17, 15) is 14.7 Å². The van der Waals surface area contributed by atoms with Crippen LogP contribution >= 0.6 is 0 Å². The smallest absolute Gasteiger partial charge is 0.259 e. The zero-order valence-electron chi connectivity index (χ0n) is 17.0. The van der Waals surface area contributed by atoms with Gasteiger partial charge in [0.2, 0.25) is 5.91 Å². The molecule has 0 radical (unpaired) electrons. The van der Waals surface area contributed by atoms with Gasteiger partial charge in [0, 0.05) is 0 Å². The second-order valence-corrected chi connectivity index (χ2v) is 6.70. The molecule has 0 aliphatic rings. The topological polar surface area (TPSA) is 100 Å². The number of nitrogens with zero attached hydrogens (tertiary/aromatic N) is 1. The number of hydrogen-bond acceptors (Lipinski definition) is 5. The molecule has 0 saturated carbocycles. The average molecular weight is 417 g/mol. The number of aromatic hydroxyl groups is 1. The lowest BCUT2D eigenvalue weighted by molar-refractivity contribution is -0.126. The lowest BCUT2D eigenvalue weighted by atomic mass is 9.90. The number of benzene rings is 3. The molecule has 0 bridgehead atoms. The predicted molar refractivity (Wildman–Crippen MR) is 118 cm³/mol. The molecule has 3 N–H and O–H groups in total. The number of carbonyl (C=O) groups excluding carboxylic acids is 2. The Labute approximate surface area is 180 Å². The molecule has 158 valence electrons. The summed E-state index contributed by atoms with van der Waals surface area (Å²) in [6.45, 7) is -0.217. The fourth-order valence-electron chi connectivity index (χ4n) is 3.05. The first-order chi connectivity index (χ1) is 15.1. The monoisotopic (exact) mass is 417 g/mol. The van der Waals surface area contributed by atoms with Crippen LogP contribution in [-0.2, 0) is 9.59 Å². The molecule has 7 nitrogen and oxygen atoms in total. The van der Waals surface area contributed by atoms with Gasteiger partial charge in [-0.1, -0.05) is 60.7 Å². The van der Waals surface area contributed by atoms with Crippen molar-refractivity contribution in [2.24, 2.45) is 5.10 Å². The maximum absolute atomic E-state index is 12.9. The summed E-state index contributed by atoms with van der Waals surface area (Å²) in [5.74, 6) is -0.952. The second-order valence-electron chi connectivity index (χ2n) is 6.70. The predicted octanol–water partition coefficient (Wildman–Crippen LogP) is 2.80. The fraction of sp³-hybridized carbons (Fsp3) is 0.125. The zero-order valence-corrected chi connectivity index (χ0v) is 17.0. The SMILES string of the molecule is COc1cc(/C=N\NC(=O)CNC(=O)C(c2ccccc2)c2ccccc2)ccc1O. The molecular formula is C24H23N3O4. The van der Waals surface area contributed by atoms with E-state index in [1.54, 1.807) is 12.1 Å². The largest absolute Gasteiger partial charge is 0.504 e. The molecule has 2 amide bonds. The minimum Gasteiger partial charge on any atom is -0.504 e. The molecule has 3 rings (SSSR count). The molecule has 3 aromatic rings. The summed E-state index contributed by atoms with van der Waals surface area (Å²) in [4.78, 5) is 25.0. The first kappa shape index (κ1) is 21.6. The highest BCUT2D eigenvalue weighted by Gasteiger charge is 2.22. The van der Waals surface area contributed by atoms with Crippen LogP contribution in [0.5, 0.6) is 11.5 Å². The molecule has 0 unspecified atom stereocenters. The normalized spacial score (nSPS) is 10.8. The van der Waals surface area contributed by atoms with Crippen molar-refractivity contribution in [1.82, 2.24) is 10.7 Å². The Bertz CT molecular complexity index is 1010. The van der Waals surface area contributed by atoms with Crippen LogP contribution in [0.3, 0.4) is 0 Å². The van der Waals surface area contributed by atoms with E-state index in [1.807, 2.05) is 60.7 Å². The number of methoxy groups -OCH3 is 1. The highest BCUT2D eigenvalue weighted by Crippen LogP contribution is 2.26. The lowest BCUT2D eigenvalue weighted by Crippen LogP contribution is -2.37. The number of hydrogen-bond donors (Lipinski definition) is 3. The van der Waals surface area contributed by atoms with Crippen LogP contribution in [0.25, 0.3) is 0 Å². The maximum Gasteiger partial charge on any atom is 0.259 e. The van der Waals surface area contributed by atoms with Crippen molar-refractivity contribution >= 4 is 18.0 Å². The second kappa shape index (κ2) is 10.6. The minimum absolute atomic E-state index is 0.0118. The molecule has 3 aromatic carbocycles. The summed E-state index contributed by atoms with van der Waals surface area (Å²) in [5.41, 5.74) is 4.68. The molecule has 0 fully saturated rings. The third kappa shape index (κ3) is 5.93. The molecule has 0 heterocycles. The highest BCUT2D eigenvalue weighted by atomic mass is 16.5. The summed E-state index contributed by atoms with van der Waals surface area (Å²) in [5, 5.41) is 16.1. The van der Waals surface area contributed by atoms with Crippen LogP contribution in [0.2, 0.25) is 0 Å². The number of ether oxygens (including phenoxy) is 1. The van der Waals surface area contributed by atoms with Crippen molar-refractivity contribution < 1.29 is 19.4 Å². The van der Waals surface area contributed by atoms with Crippen LogP contribution in [-0.4, -0.2) is 36.8 Å². The molecule has 0 aliphatic heterocycles. The third-order valence-electron chi connectivity index (χ3n) is 4.56. The van der Waals surface area contributed by atoms with Crippen molar-refractivity contribution in [3.63, 3.8) is 0 Å². The molecule has 0 aliphatic carbocycles. The fourth-order valence-corrected chi connectivity index (χ4v) is 3.05. The summed E-state index contributed by atoms with van der Waals surface area (Å²) in [6.07, 6.45) is 1.42. The molecule has 0 atom stereocenters. The Morgan fingerprint density at radius 3 is 2.19 bits per heavy atom. The van der Waals surface area contributed by atoms with E-state index in [4.69, 9.17) is 4.74 Å². The Morgan fingerprint density at radius 1 is 1.00 bits per heavy atom. The molecule has 31 heavy (non-hydrogen) atoms. The number of phenols is 1. The van der Waals surface area contributed by atoms with E-state index < -0.39 is 11.8 Å². The summed E-state index contributed by atoms with van der Waals surface area (Å²) in [6, 6.07) is 23.5. The standard InChI is InChI=1S/C24H23N3O4/c1-31-21-14-17(12-13-20(21)28)15-26-27-22(29)16-25-24(30)23(18-8-4-2-5-9-18)19-10-6-3-7-11-19/h2-15,23,28H,16H2,1H3,(H,25,30)(H,27,29)/b26-15-. The molecule has 7 heteroatoms. The van der Waals surface area contributed by atoms with Crippen molar-refractivity contribution in [3.05, 3.63) is 95.6 Å². The molecule has 0 saturated heterocycles. The van der Waals surface area contributed by atoms with Gasteiger partial charge in [0.05, 0.1) is 25.8 Å². The quantitative estimate of drug-likeness (QED) is 0.388. The van der Waals surface area contributed by atoms with Gasteiger partial charge < -0.3 is 15.2 Å². The number of phenolic OH excluding ortho intramolecular Hbond substituents is 1. The van der Waals surface area contributed by atoms with Gasteiger partial charge in [-0.25, -0.2) is 5.43 Å². The number of carbonyl (C=O) groups is 2. The number of amides is 2.